The van der Waals surface area contributed by atoms with Crippen LogP contribution in [0.2, 0.25) is 0 Å². The molecule has 2 atom stereocenters. The molecule has 2 unspecified atom stereocenters. The average Bonchev–Trinajstić information content (AvgIpc) is 2.73. The van der Waals surface area contributed by atoms with Gasteiger partial charge in [-0.15, -0.1) is 10.2 Å². The van der Waals surface area contributed by atoms with Crippen LogP contribution >= 0.6 is 11.8 Å². The Bertz CT molecular complexity index is 382. The molecule has 2 aliphatic rings. The first-order chi connectivity index (χ1) is 8.33. The van der Waals surface area contributed by atoms with E-state index in [4.69, 9.17) is 0 Å². The van der Waals surface area contributed by atoms with Gasteiger partial charge in [0.1, 0.15) is 11.6 Å². The Morgan fingerprint density at radius 3 is 3.12 bits per heavy atom. The molecule has 0 aliphatic carbocycles. The second-order valence-corrected chi connectivity index (χ2v) is 6.72. The normalized spacial score (nSPS) is 29.0. The number of hydrogen-bond acceptors (Lipinski definition) is 3. The van der Waals surface area contributed by atoms with Gasteiger partial charge in [0.2, 0.25) is 0 Å². The van der Waals surface area contributed by atoms with Crippen LogP contribution in [-0.2, 0) is 19.4 Å². The van der Waals surface area contributed by atoms with E-state index in [1.54, 1.807) is 0 Å². The molecule has 2 aliphatic heterocycles. The highest BCUT2D eigenvalue weighted by Crippen LogP contribution is 2.27. The third-order valence-electron chi connectivity index (χ3n) is 3.98. The van der Waals surface area contributed by atoms with Crippen molar-refractivity contribution >= 4 is 11.8 Å². The summed E-state index contributed by atoms with van der Waals surface area (Å²) in [5, 5.41) is 8.79. The van der Waals surface area contributed by atoms with Gasteiger partial charge in [0.15, 0.2) is 0 Å². The molecule has 0 aromatic carbocycles. The van der Waals surface area contributed by atoms with Gasteiger partial charge in [-0.1, -0.05) is 6.92 Å². The standard InChI is InChI=1S/C13H21N3S/c1-10-4-5-12-14-15-13(16(12)8-10)7-11-3-2-6-17-9-11/h10-11H,2-9H2,1H3. The first kappa shape index (κ1) is 11.6. The average molecular weight is 251 g/mol. The third-order valence-corrected chi connectivity index (χ3v) is 5.27. The fourth-order valence-corrected chi connectivity index (χ4v) is 4.08. The predicted molar refractivity (Wildman–Crippen MR) is 71.3 cm³/mol. The Morgan fingerprint density at radius 2 is 2.29 bits per heavy atom. The van der Waals surface area contributed by atoms with Crippen LogP contribution in [0.3, 0.4) is 0 Å². The molecule has 0 spiro atoms. The highest BCUT2D eigenvalue weighted by molar-refractivity contribution is 7.99. The predicted octanol–water partition coefficient (Wildman–Crippen LogP) is 2.55. The van der Waals surface area contributed by atoms with Gasteiger partial charge in [-0.05, 0) is 42.6 Å². The molecule has 1 saturated heterocycles. The van der Waals surface area contributed by atoms with E-state index >= 15 is 0 Å². The fourth-order valence-electron chi connectivity index (χ4n) is 2.92. The molecular formula is C13H21N3S. The van der Waals surface area contributed by atoms with E-state index in [-0.39, 0.29) is 0 Å². The van der Waals surface area contributed by atoms with Crippen LogP contribution in [0.4, 0.5) is 0 Å². The van der Waals surface area contributed by atoms with Gasteiger partial charge in [-0.3, -0.25) is 0 Å². The van der Waals surface area contributed by atoms with E-state index in [9.17, 15) is 0 Å². The summed E-state index contributed by atoms with van der Waals surface area (Å²) in [6.07, 6.45) is 6.30. The van der Waals surface area contributed by atoms with Crippen LogP contribution in [0.25, 0.3) is 0 Å². The topological polar surface area (TPSA) is 30.7 Å². The van der Waals surface area contributed by atoms with Crippen molar-refractivity contribution in [3.8, 4) is 0 Å². The van der Waals surface area contributed by atoms with Gasteiger partial charge in [-0.25, -0.2) is 0 Å². The molecule has 1 aromatic heterocycles. The van der Waals surface area contributed by atoms with Crippen LogP contribution < -0.4 is 0 Å². The number of aryl methyl sites for hydroxylation is 1. The summed E-state index contributed by atoms with van der Waals surface area (Å²) in [6, 6.07) is 0. The Balaban J connectivity index is 1.72. The minimum atomic E-state index is 0.790. The van der Waals surface area contributed by atoms with E-state index < -0.39 is 0 Å². The largest absolute Gasteiger partial charge is 0.315 e. The first-order valence-electron chi connectivity index (χ1n) is 6.81. The molecular weight excluding hydrogens is 230 g/mol. The van der Waals surface area contributed by atoms with Crippen molar-refractivity contribution in [3.63, 3.8) is 0 Å². The lowest BCUT2D eigenvalue weighted by Gasteiger charge is -2.24. The van der Waals surface area contributed by atoms with Crippen LogP contribution in [0, 0.1) is 11.8 Å². The molecule has 0 amide bonds. The lowest BCUT2D eigenvalue weighted by molar-refractivity contribution is 0.378. The number of fused-ring (bicyclic) bond motifs is 1. The monoisotopic (exact) mass is 251 g/mol. The molecule has 1 fully saturated rings. The van der Waals surface area contributed by atoms with E-state index in [1.165, 1.54) is 42.4 Å². The highest BCUT2D eigenvalue weighted by atomic mass is 32.2. The zero-order chi connectivity index (χ0) is 11.7. The maximum Gasteiger partial charge on any atom is 0.133 e. The maximum atomic E-state index is 4.43. The van der Waals surface area contributed by atoms with E-state index in [1.807, 2.05) is 0 Å². The Morgan fingerprint density at radius 1 is 1.35 bits per heavy atom. The van der Waals surface area contributed by atoms with E-state index in [0.717, 1.165) is 31.2 Å². The summed E-state index contributed by atoms with van der Waals surface area (Å²) >= 11 is 2.11. The van der Waals surface area contributed by atoms with Gasteiger partial charge >= 0.3 is 0 Å². The van der Waals surface area contributed by atoms with E-state index in [2.05, 4.69) is 33.5 Å². The molecule has 0 N–H and O–H groups in total. The molecule has 4 heteroatoms. The number of hydrogen-bond donors (Lipinski definition) is 0. The third kappa shape index (κ3) is 2.51. The molecule has 3 rings (SSSR count). The first-order valence-corrected chi connectivity index (χ1v) is 7.97. The molecule has 0 bridgehead atoms. The van der Waals surface area contributed by atoms with Gasteiger partial charge in [0, 0.05) is 19.4 Å². The summed E-state index contributed by atoms with van der Waals surface area (Å²) < 4.78 is 2.40. The number of aromatic nitrogens is 3. The van der Waals surface area contributed by atoms with Crippen molar-refractivity contribution in [1.82, 2.24) is 14.8 Å². The SMILES string of the molecule is CC1CCc2nnc(CC3CCCSC3)n2C1. The minimum absolute atomic E-state index is 0.790. The Labute approximate surface area is 107 Å². The van der Waals surface area contributed by atoms with Gasteiger partial charge < -0.3 is 4.57 Å². The Kier molecular flexibility index (Phi) is 3.41. The minimum Gasteiger partial charge on any atom is -0.315 e. The Hall–Kier alpha value is -0.510. The summed E-state index contributed by atoms with van der Waals surface area (Å²) in [4.78, 5) is 0. The molecule has 3 nitrogen and oxygen atoms in total. The second-order valence-electron chi connectivity index (χ2n) is 5.57. The van der Waals surface area contributed by atoms with Gasteiger partial charge in [0.25, 0.3) is 0 Å². The molecule has 17 heavy (non-hydrogen) atoms. The number of thioether (sulfide) groups is 1. The van der Waals surface area contributed by atoms with Crippen molar-refractivity contribution in [3.05, 3.63) is 11.6 Å². The van der Waals surface area contributed by atoms with Gasteiger partial charge in [-0.2, -0.15) is 11.8 Å². The molecule has 1 aromatic rings. The number of nitrogens with zero attached hydrogens (tertiary/aromatic N) is 3. The highest BCUT2D eigenvalue weighted by Gasteiger charge is 2.23. The summed E-state index contributed by atoms with van der Waals surface area (Å²) in [7, 11) is 0. The number of rotatable bonds is 2. The van der Waals surface area contributed by atoms with Crippen LogP contribution in [0.1, 0.15) is 37.8 Å². The lowest BCUT2D eigenvalue weighted by Crippen LogP contribution is -2.22. The molecule has 0 radical (unpaired) electrons. The van der Waals surface area contributed by atoms with Crippen molar-refractivity contribution in [2.75, 3.05) is 11.5 Å². The van der Waals surface area contributed by atoms with Crippen molar-refractivity contribution < 1.29 is 0 Å². The zero-order valence-corrected chi connectivity index (χ0v) is 11.4. The van der Waals surface area contributed by atoms with Crippen molar-refractivity contribution in [2.45, 2.75) is 45.6 Å². The second kappa shape index (κ2) is 5.01. The van der Waals surface area contributed by atoms with Crippen molar-refractivity contribution in [2.24, 2.45) is 11.8 Å². The quantitative estimate of drug-likeness (QED) is 0.809. The maximum absolute atomic E-state index is 4.43. The van der Waals surface area contributed by atoms with Crippen molar-refractivity contribution in [1.29, 1.82) is 0 Å². The molecule has 0 saturated carbocycles. The smallest absolute Gasteiger partial charge is 0.133 e. The zero-order valence-electron chi connectivity index (χ0n) is 10.6. The fraction of sp³-hybridized carbons (Fsp3) is 0.846. The summed E-state index contributed by atoms with van der Waals surface area (Å²) in [5.74, 6) is 6.77. The molecule has 3 heterocycles. The van der Waals surface area contributed by atoms with E-state index in [0.29, 0.717) is 0 Å². The van der Waals surface area contributed by atoms with Crippen LogP contribution in [-0.4, -0.2) is 26.3 Å². The summed E-state index contributed by atoms with van der Waals surface area (Å²) in [6.45, 7) is 3.47. The molecule has 94 valence electrons. The summed E-state index contributed by atoms with van der Waals surface area (Å²) in [5.41, 5.74) is 0. The van der Waals surface area contributed by atoms with Crippen LogP contribution in [0.15, 0.2) is 0 Å². The van der Waals surface area contributed by atoms with Gasteiger partial charge in [0.05, 0.1) is 0 Å². The van der Waals surface area contributed by atoms with Crippen LogP contribution in [0.5, 0.6) is 0 Å². The lowest BCUT2D eigenvalue weighted by atomic mass is 9.99.